The summed E-state index contributed by atoms with van der Waals surface area (Å²) in [4.78, 5) is 18.8. The predicted molar refractivity (Wildman–Crippen MR) is 64.6 cm³/mol. The number of nitrogens with zero attached hydrogens (tertiary/aromatic N) is 1. The van der Waals surface area contributed by atoms with Gasteiger partial charge in [0.05, 0.1) is 12.6 Å². The van der Waals surface area contributed by atoms with Gasteiger partial charge in [0, 0.05) is 19.0 Å². The van der Waals surface area contributed by atoms with Gasteiger partial charge in [-0.1, -0.05) is 30.3 Å². The molecule has 0 unspecified atom stereocenters. The highest BCUT2D eigenvalue weighted by molar-refractivity contribution is 5.68. The van der Waals surface area contributed by atoms with Crippen LogP contribution in [0.25, 0.3) is 0 Å². The fraction of sp³-hybridized carbons (Fsp3) is 0.462. The lowest BCUT2D eigenvalue weighted by Gasteiger charge is -2.17. The lowest BCUT2D eigenvalue weighted by atomic mass is 10.1. The Morgan fingerprint density at radius 3 is 3.00 bits per heavy atom. The van der Waals surface area contributed by atoms with Crippen LogP contribution >= 0.6 is 0 Å². The van der Waals surface area contributed by atoms with Crippen molar-refractivity contribution in [2.45, 2.75) is 12.6 Å². The van der Waals surface area contributed by atoms with E-state index < -0.39 is 0 Å². The third kappa shape index (κ3) is 2.32. The molecule has 2 heterocycles. The predicted octanol–water partition coefficient (Wildman–Crippen LogP) is 1.16. The zero-order chi connectivity index (χ0) is 12.4. The van der Waals surface area contributed by atoms with Crippen molar-refractivity contribution in [2.24, 2.45) is 5.92 Å². The molecule has 0 radical (unpaired) electrons. The molecule has 96 valence electrons. The van der Waals surface area contributed by atoms with Crippen LogP contribution in [0.15, 0.2) is 30.3 Å². The minimum Gasteiger partial charge on any atom is -0.445 e. The number of hydrogen-bond acceptors (Lipinski definition) is 4. The van der Waals surface area contributed by atoms with Crippen LogP contribution in [0.5, 0.6) is 0 Å². The van der Waals surface area contributed by atoms with Crippen LogP contribution in [0.4, 0.5) is 4.79 Å². The molecule has 0 aliphatic carbocycles. The van der Waals surface area contributed by atoms with Gasteiger partial charge in [-0.3, -0.25) is 0 Å². The van der Waals surface area contributed by atoms with Gasteiger partial charge >= 0.3 is 6.09 Å². The van der Waals surface area contributed by atoms with Crippen LogP contribution in [0, 0.1) is 5.92 Å². The number of carbonyl (C=O) groups is 1. The van der Waals surface area contributed by atoms with Crippen molar-refractivity contribution in [1.82, 2.24) is 10.4 Å². The topological polar surface area (TPSA) is 50.8 Å². The maximum Gasteiger partial charge on any atom is 0.410 e. The highest BCUT2D eigenvalue weighted by atomic mass is 16.7. The summed E-state index contributed by atoms with van der Waals surface area (Å²) in [6.07, 6.45) is -0.241. The molecule has 1 amide bonds. The van der Waals surface area contributed by atoms with Crippen molar-refractivity contribution in [3.8, 4) is 0 Å². The van der Waals surface area contributed by atoms with E-state index >= 15 is 0 Å². The normalized spacial score (nSPS) is 26.1. The largest absolute Gasteiger partial charge is 0.445 e. The van der Waals surface area contributed by atoms with Gasteiger partial charge < -0.3 is 14.5 Å². The summed E-state index contributed by atoms with van der Waals surface area (Å²) in [5, 5.41) is 0. The summed E-state index contributed by atoms with van der Waals surface area (Å²) in [5.41, 5.74) is 3.93. The highest BCUT2D eigenvalue weighted by Crippen LogP contribution is 2.22. The van der Waals surface area contributed by atoms with Crippen LogP contribution in [-0.4, -0.2) is 36.7 Å². The molecule has 18 heavy (non-hydrogen) atoms. The standard InChI is InChI=1S/C13H16N2O3/c16-13(17-8-10-4-2-1-3-5-10)15-6-11-9-18-14-12(11)7-15/h1-5,11-12,14H,6-9H2/t11-,12+/m1/s1. The molecule has 5 heteroatoms. The molecular formula is C13H16N2O3. The van der Waals surface area contributed by atoms with E-state index in [-0.39, 0.29) is 12.1 Å². The maximum absolute atomic E-state index is 11.9. The first-order valence-corrected chi connectivity index (χ1v) is 6.16. The van der Waals surface area contributed by atoms with Crippen molar-refractivity contribution in [2.75, 3.05) is 19.7 Å². The van der Waals surface area contributed by atoms with Crippen LogP contribution in [0.3, 0.4) is 0 Å². The Bertz CT molecular complexity index is 412. The first kappa shape index (κ1) is 11.5. The number of likely N-dealkylation sites (tertiary alicyclic amines) is 1. The Morgan fingerprint density at radius 1 is 1.39 bits per heavy atom. The second kappa shape index (κ2) is 4.96. The van der Waals surface area contributed by atoms with E-state index in [0.717, 1.165) is 5.56 Å². The average Bonchev–Trinajstić information content (AvgIpc) is 2.98. The summed E-state index contributed by atoms with van der Waals surface area (Å²) < 4.78 is 5.30. The third-order valence-corrected chi connectivity index (χ3v) is 3.44. The van der Waals surface area contributed by atoms with Gasteiger partial charge in [0.25, 0.3) is 0 Å². The first-order chi connectivity index (χ1) is 8.83. The summed E-state index contributed by atoms with van der Waals surface area (Å²) in [5.74, 6) is 0.397. The number of hydroxylamine groups is 1. The van der Waals surface area contributed by atoms with Gasteiger partial charge in [0.2, 0.25) is 0 Å². The minimum absolute atomic E-state index is 0.241. The van der Waals surface area contributed by atoms with Crippen molar-refractivity contribution < 1.29 is 14.4 Å². The molecule has 0 aromatic heterocycles. The Morgan fingerprint density at radius 2 is 2.22 bits per heavy atom. The third-order valence-electron chi connectivity index (χ3n) is 3.44. The molecular weight excluding hydrogens is 232 g/mol. The Labute approximate surface area is 106 Å². The van der Waals surface area contributed by atoms with Crippen molar-refractivity contribution in [1.29, 1.82) is 0 Å². The molecule has 5 nitrogen and oxygen atoms in total. The van der Waals surface area contributed by atoms with Crippen molar-refractivity contribution in [3.05, 3.63) is 35.9 Å². The Kier molecular flexibility index (Phi) is 3.17. The van der Waals surface area contributed by atoms with E-state index in [1.165, 1.54) is 0 Å². The lowest BCUT2D eigenvalue weighted by Crippen LogP contribution is -2.33. The number of hydrogen-bond donors (Lipinski definition) is 1. The molecule has 2 aliphatic rings. The first-order valence-electron chi connectivity index (χ1n) is 6.16. The zero-order valence-corrected chi connectivity index (χ0v) is 10.0. The summed E-state index contributed by atoms with van der Waals surface area (Å²) >= 11 is 0. The Balaban J connectivity index is 1.50. The van der Waals surface area contributed by atoms with Gasteiger partial charge in [-0.25, -0.2) is 4.79 Å². The SMILES string of the molecule is O=C(OCc1ccccc1)N1C[C@@H]2CON[C@H]2C1. The molecule has 3 rings (SSSR count). The number of nitrogens with one attached hydrogen (secondary N) is 1. The molecule has 1 N–H and O–H groups in total. The van der Waals surface area contributed by atoms with Gasteiger partial charge in [-0.15, -0.1) is 0 Å². The summed E-state index contributed by atoms with van der Waals surface area (Å²) in [6, 6.07) is 9.96. The van der Waals surface area contributed by atoms with Crippen LogP contribution in [0.2, 0.25) is 0 Å². The summed E-state index contributed by atoms with van der Waals surface area (Å²) in [7, 11) is 0. The van der Waals surface area contributed by atoms with E-state index in [2.05, 4.69) is 5.48 Å². The minimum atomic E-state index is -0.241. The van der Waals surface area contributed by atoms with Gasteiger partial charge in [-0.05, 0) is 5.56 Å². The van der Waals surface area contributed by atoms with Crippen molar-refractivity contribution >= 4 is 6.09 Å². The summed E-state index contributed by atoms with van der Waals surface area (Å²) in [6.45, 7) is 2.38. The number of ether oxygens (including phenoxy) is 1. The second-order valence-electron chi connectivity index (χ2n) is 4.74. The number of fused-ring (bicyclic) bond motifs is 1. The highest BCUT2D eigenvalue weighted by Gasteiger charge is 2.39. The van der Waals surface area contributed by atoms with E-state index in [1.807, 2.05) is 30.3 Å². The average molecular weight is 248 g/mol. The van der Waals surface area contributed by atoms with Crippen LogP contribution in [0.1, 0.15) is 5.56 Å². The molecule has 2 aliphatic heterocycles. The second-order valence-corrected chi connectivity index (χ2v) is 4.74. The van der Waals surface area contributed by atoms with E-state index in [1.54, 1.807) is 4.90 Å². The number of benzene rings is 1. The molecule has 0 bridgehead atoms. The van der Waals surface area contributed by atoms with Crippen molar-refractivity contribution in [3.63, 3.8) is 0 Å². The van der Waals surface area contributed by atoms with Gasteiger partial charge in [0.15, 0.2) is 0 Å². The smallest absolute Gasteiger partial charge is 0.410 e. The van der Waals surface area contributed by atoms with E-state index in [0.29, 0.717) is 32.2 Å². The van der Waals surface area contributed by atoms with Gasteiger partial charge in [-0.2, -0.15) is 5.48 Å². The molecule has 2 fully saturated rings. The fourth-order valence-corrected chi connectivity index (χ4v) is 2.40. The fourth-order valence-electron chi connectivity index (χ4n) is 2.40. The van der Waals surface area contributed by atoms with E-state index in [4.69, 9.17) is 9.57 Å². The van der Waals surface area contributed by atoms with Gasteiger partial charge in [0.1, 0.15) is 6.61 Å². The monoisotopic (exact) mass is 248 g/mol. The number of amides is 1. The Hall–Kier alpha value is -1.59. The number of carbonyl (C=O) groups excluding carboxylic acids is 1. The maximum atomic E-state index is 11.9. The van der Waals surface area contributed by atoms with Crippen LogP contribution in [-0.2, 0) is 16.2 Å². The molecule has 1 aromatic rings. The molecule has 2 atom stereocenters. The molecule has 0 saturated carbocycles. The van der Waals surface area contributed by atoms with Crippen LogP contribution < -0.4 is 5.48 Å². The molecule has 1 aromatic carbocycles. The van der Waals surface area contributed by atoms with E-state index in [9.17, 15) is 4.79 Å². The lowest BCUT2D eigenvalue weighted by molar-refractivity contribution is 0.0628. The molecule has 0 spiro atoms. The number of rotatable bonds is 2. The quantitative estimate of drug-likeness (QED) is 0.853. The zero-order valence-electron chi connectivity index (χ0n) is 10.0. The molecule has 2 saturated heterocycles.